The highest BCUT2D eigenvalue weighted by atomic mass is 79.9. The van der Waals surface area contributed by atoms with Crippen molar-refractivity contribution in [2.24, 2.45) is 0 Å². The van der Waals surface area contributed by atoms with Crippen LogP contribution >= 0.6 is 15.9 Å². The van der Waals surface area contributed by atoms with E-state index in [9.17, 15) is 4.79 Å². The molecule has 2 rings (SSSR count). The Morgan fingerprint density at radius 3 is 2.15 bits per heavy atom. The molecule has 146 valence electrons. The molecule has 0 saturated carbocycles. The summed E-state index contributed by atoms with van der Waals surface area (Å²) in [5.41, 5.74) is 1.76. The molecule has 0 atom stereocenters. The van der Waals surface area contributed by atoms with Crippen molar-refractivity contribution in [2.45, 2.75) is 6.42 Å². The van der Waals surface area contributed by atoms with Crippen LogP contribution in [0.5, 0.6) is 11.5 Å². The minimum atomic E-state index is -0.146. The fourth-order valence-corrected chi connectivity index (χ4v) is 3.17. The monoisotopic (exact) mass is 438 g/mol. The average molecular weight is 439 g/mol. The quantitative estimate of drug-likeness (QED) is 0.392. The van der Waals surface area contributed by atoms with Crippen LogP contribution in [0, 0.1) is 0 Å². The molecule has 0 heterocycles. The summed E-state index contributed by atoms with van der Waals surface area (Å²) in [7, 11) is 4.67. The number of benzene rings is 2. The molecule has 2 aromatic carbocycles. The van der Waals surface area contributed by atoms with E-state index in [1.165, 1.54) is 14.2 Å². The van der Waals surface area contributed by atoms with Crippen LogP contribution in [0.4, 0.5) is 0 Å². The van der Waals surface area contributed by atoms with Gasteiger partial charge >= 0.3 is 0 Å². The number of hydrogen-bond donors (Lipinski definition) is 0. The Morgan fingerprint density at radius 2 is 1.56 bits per heavy atom. The molecular weight excluding hydrogens is 416 g/mol. The number of ketones is 1. The summed E-state index contributed by atoms with van der Waals surface area (Å²) in [4.78, 5) is 13.2. The van der Waals surface area contributed by atoms with E-state index in [0.29, 0.717) is 40.1 Å². The van der Waals surface area contributed by atoms with Gasteiger partial charge in [0.15, 0.2) is 19.4 Å². The lowest BCUT2D eigenvalue weighted by Gasteiger charge is -2.19. The van der Waals surface area contributed by atoms with E-state index < -0.39 is 0 Å². The zero-order chi connectivity index (χ0) is 19.6. The molecule has 0 amide bonds. The number of hydrogen-bond acceptors (Lipinski definition) is 6. The second-order valence-electron chi connectivity index (χ2n) is 5.58. The summed E-state index contributed by atoms with van der Waals surface area (Å²) in [6, 6.07) is 10.7. The average Bonchev–Trinajstić information content (AvgIpc) is 2.70. The van der Waals surface area contributed by atoms with Crippen molar-refractivity contribution >= 4 is 21.7 Å². The molecule has 0 aliphatic carbocycles. The SMILES string of the molecule is COCCc1c(Br)c(OCOC)cc(OCOC)c1C(=O)c1ccccc1. The molecule has 0 aromatic heterocycles. The van der Waals surface area contributed by atoms with Crippen LogP contribution in [-0.2, 0) is 20.6 Å². The van der Waals surface area contributed by atoms with Gasteiger partial charge in [0.25, 0.3) is 0 Å². The van der Waals surface area contributed by atoms with Crippen molar-refractivity contribution in [3.63, 3.8) is 0 Å². The third-order valence-electron chi connectivity index (χ3n) is 3.78. The van der Waals surface area contributed by atoms with Crippen LogP contribution in [0.15, 0.2) is 40.9 Å². The Kier molecular flexibility index (Phi) is 8.74. The molecule has 0 radical (unpaired) electrons. The van der Waals surface area contributed by atoms with Gasteiger partial charge < -0.3 is 23.7 Å². The van der Waals surface area contributed by atoms with E-state index >= 15 is 0 Å². The lowest BCUT2D eigenvalue weighted by atomic mass is 9.95. The number of rotatable bonds is 11. The van der Waals surface area contributed by atoms with Gasteiger partial charge in [-0.2, -0.15) is 0 Å². The number of carbonyl (C=O) groups excluding carboxylic acids is 1. The topological polar surface area (TPSA) is 63.2 Å². The zero-order valence-corrected chi connectivity index (χ0v) is 17.2. The number of halogens is 1. The molecule has 0 N–H and O–H groups in total. The van der Waals surface area contributed by atoms with Crippen LogP contribution in [0.1, 0.15) is 21.5 Å². The van der Waals surface area contributed by atoms with Gasteiger partial charge in [-0.05, 0) is 27.9 Å². The molecule has 0 saturated heterocycles. The Balaban J connectivity index is 2.60. The fourth-order valence-electron chi connectivity index (χ4n) is 2.55. The van der Waals surface area contributed by atoms with Crippen LogP contribution in [0.3, 0.4) is 0 Å². The third-order valence-corrected chi connectivity index (χ3v) is 4.64. The lowest BCUT2D eigenvalue weighted by molar-refractivity contribution is 0.0451. The number of methoxy groups -OCH3 is 3. The molecule has 6 nitrogen and oxygen atoms in total. The maximum absolute atomic E-state index is 13.2. The Hall–Kier alpha value is -1.93. The Morgan fingerprint density at radius 1 is 0.926 bits per heavy atom. The van der Waals surface area contributed by atoms with Gasteiger partial charge in [0.1, 0.15) is 11.5 Å². The van der Waals surface area contributed by atoms with Crippen LogP contribution in [0.25, 0.3) is 0 Å². The summed E-state index contributed by atoms with van der Waals surface area (Å²) in [5, 5.41) is 0. The van der Waals surface area contributed by atoms with E-state index in [-0.39, 0.29) is 19.4 Å². The van der Waals surface area contributed by atoms with Gasteiger partial charge in [-0.3, -0.25) is 4.79 Å². The summed E-state index contributed by atoms with van der Waals surface area (Å²) in [5.74, 6) is 0.747. The van der Waals surface area contributed by atoms with Crippen molar-refractivity contribution in [2.75, 3.05) is 41.5 Å². The van der Waals surface area contributed by atoms with Crippen molar-refractivity contribution < 1.29 is 28.5 Å². The minimum absolute atomic E-state index is 0.00410. The maximum atomic E-state index is 13.2. The number of carbonyl (C=O) groups is 1. The predicted molar refractivity (Wildman–Crippen MR) is 105 cm³/mol. The first-order chi connectivity index (χ1) is 13.1. The normalized spacial score (nSPS) is 10.7. The summed E-state index contributed by atoms with van der Waals surface area (Å²) in [6.07, 6.45) is 0.499. The highest BCUT2D eigenvalue weighted by molar-refractivity contribution is 9.10. The summed E-state index contributed by atoms with van der Waals surface area (Å²) < 4.78 is 27.2. The molecule has 0 unspecified atom stereocenters. The third kappa shape index (κ3) is 5.52. The van der Waals surface area contributed by atoms with E-state index in [1.807, 2.05) is 18.2 Å². The molecule has 0 aliphatic heterocycles. The highest BCUT2D eigenvalue weighted by Gasteiger charge is 2.24. The maximum Gasteiger partial charge on any atom is 0.197 e. The molecule has 2 aromatic rings. The minimum Gasteiger partial charge on any atom is -0.467 e. The molecule has 27 heavy (non-hydrogen) atoms. The van der Waals surface area contributed by atoms with E-state index in [1.54, 1.807) is 25.3 Å². The molecule has 0 aliphatic rings. The van der Waals surface area contributed by atoms with Gasteiger partial charge in [0.2, 0.25) is 0 Å². The molecule has 0 fully saturated rings. The first kappa shape index (κ1) is 21.4. The molecule has 0 bridgehead atoms. The van der Waals surface area contributed by atoms with E-state index in [4.69, 9.17) is 23.7 Å². The van der Waals surface area contributed by atoms with Crippen molar-refractivity contribution in [3.8, 4) is 11.5 Å². The van der Waals surface area contributed by atoms with Crippen LogP contribution < -0.4 is 9.47 Å². The largest absolute Gasteiger partial charge is 0.467 e. The van der Waals surface area contributed by atoms with E-state index in [0.717, 1.165) is 5.56 Å². The fraction of sp³-hybridized carbons (Fsp3) is 0.350. The Labute approximate surface area is 167 Å². The van der Waals surface area contributed by atoms with E-state index in [2.05, 4.69) is 15.9 Å². The molecular formula is C20H23BrO6. The second-order valence-corrected chi connectivity index (χ2v) is 6.37. The summed E-state index contributed by atoms with van der Waals surface area (Å²) >= 11 is 3.56. The molecule has 0 spiro atoms. The van der Waals surface area contributed by atoms with Gasteiger partial charge in [-0.15, -0.1) is 0 Å². The zero-order valence-electron chi connectivity index (χ0n) is 15.6. The second kappa shape index (κ2) is 11.0. The van der Waals surface area contributed by atoms with Crippen LogP contribution in [0.2, 0.25) is 0 Å². The standard InChI is InChI=1S/C20H23BrO6/c1-23-10-9-15-18(20(22)14-7-5-4-6-8-14)16(26-12-24-2)11-17(19(15)21)27-13-25-3/h4-8,11H,9-10,12-13H2,1-3H3. The van der Waals surface area contributed by atoms with Crippen molar-refractivity contribution in [1.29, 1.82) is 0 Å². The summed E-state index contributed by atoms with van der Waals surface area (Å²) in [6.45, 7) is 0.507. The van der Waals surface area contributed by atoms with Gasteiger partial charge in [0, 0.05) is 33.0 Å². The first-order valence-corrected chi connectivity index (χ1v) is 9.10. The Bertz CT molecular complexity index is 748. The van der Waals surface area contributed by atoms with Crippen molar-refractivity contribution in [1.82, 2.24) is 0 Å². The first-order valence-electron chi connectivity index (χ1n) is 8.31. The van der Waals surface area contributed by atoms with Gasteiger partial charge in [-0.25, -0.2) is 0 Å². The number of ether oxygens (including phenoxy) is 5. The smallest absolute Gasteiger partial charge is 0.197 e. The van der Waals surface area contributed by atoms with Crippen LogP contribution in [-0.4, -0.2) is 47.3 Å². The molecule has 7 heteroatoms. The highest BCUT2D eigenvalue weighted by Crippen LogP contribution is 2.39. The van der Waals surface area contributed by atoms with Gasteiger partial charge in [-0.1, -0.05) is 30.3 Å². The lowest BCUT2D eigenvalue weighted by Crippen LogP contribution is -2.14. The van der Waals surface area contributed by atoms with Gasteiger partial charge in [0.05, 0.1) is 16.6 Å². The predicted octanol–water partition coefficient (Wildman–Crippen LogP) is 3.83. The van der Waals surface area contributed by atoms with Crippen molar-refractivity contribution in [3.05, 3.63) is 57.6 Å².